The van der Waals surface area contributed by atoms with Gasteiger partial charge in [0.25, 0.3) is 11.5 Å². The van der Waals surface area contributed by atoms with Crippen LogP contribution in [-0.4, -0.2) is 31.9 Å². The van der Waals surface area contributed by atoms with E-state index >= 15 is 0 Å². The zero-order valence-electron chi connectivity index (χ0n) is 10.2. The Balaban J connectivity index is 2.35. The van der Waals surface area contributed by atoms with Crippen molar-refractivity contribution in [1.82, 2.24) is 15.0 Å². The molecule has 0 aromatic carbocycles. The molecule has 0 radical (unpaired) electrons. The van der Waals surface area contributed by atoms with Crippen LogP contribution in [0.1, 0.15) is 26.4 Å². The van der Waals surface area contributed by atoms with E-state index in [2.05, 4.69) is 15.3 Å². The molecule has 9 heteroatoms. The molecule has 20 heavy (non-hydrogen) atoms. The number of amides is 1. The number of carboxylic acids is 1. The molecule has 0 bridgehead atoms. The van der Waals surface area contributed by atoms with Crippen LogP contribution in [0.15, 0.2) is 22.0 Å². The molecule has 1 amide bonds. The number of carboxylic acid groups (broad SMARTS) is 1. The molecular formula is C11H10N4O5. The first-order valence-corrected chi connectivity index (χ1v) is 5.44. The van der Waals surface area contributed by atoms with Gasteiger partial charge in [0.15, 0.2) is 0 Å². The van der Waals surface area contributed by atoms with Crippen molar-refractivity contribution in [3.05, 3.63) is 50.1 Å². The Hall–Kier alpha value is -3.10. The quantitative estimate of drug-likeness (QED) is 0.520. The summed E-state index contributed by atoms with van der Waals surface area (Å²) in [6.45, 7) is 1.53. The summed E-state index contributed by atoms with van der Waals surface area (Å²) in [6.07, 6.45) is 2.26. The van der Waals surface area contributed by atoms with E-state index in [1.807, 2.05) is 4.98 Å². The van der Waals surface area contributed by atoms with Crippen molar-refractivity contribution < 1.29 is 14.7 Å². The number of hydrogen-bond acceptors (Lipinski definition) is 4. The molecule has 104 valence electrons. The fourth-order valence-corrected chi connectivity index (χ4v) is 1.67. The number of H-pyrrole nitrogens is 3. The van der Waals surface area contributed by atoms with Gasteiger partial charge in [-0.05, 0) is 6.92 Å². The zero-order valence-corrected chi connectivity index (χ0v) is 10.2. The second-order valence-electron chi connectivity index (χ2n) is 3.95. The second kappa shape index (κ2) is 4.88. The Morgan fingerprint density at radius 2 is 1.90 bits per heavy atom. The van der Waals surface area contributed by atoms with Crippen LogP contribution in [0.3, 0.4) is 0 Å². The number of hydrogen-bond donors (Lipinski definition) is 5. The van der Waals surface area contributed by atoms with Crippen molar-refractivity contribution in [2.75, 3.05) is 5.32 Å². The molecular weight excluding hydrogens is 268 g/mol. The lowest BCUT2D eigenvalue weighted by molar-refractivity contribution is 0.0697. The van der Waals surface area contributed by atoms with Gasteiger partial charge in [-0.3, -0.25) is 14.6 Å². The third-order valence-corrected chi connectivity index (χ3v) is 2.60. The van der Waals surface area contributed by atoms with Crippen LogP contribution < -0.4 is 16.6 Å². The van der Waals surface area contributed by atoms with Gasteiger partial charge in [0.2, 0.25) is 0 Å². The number of aromatic carboxylic acids is 1. The number of carbonyl (C=O) groups excluding carboxylic acids is 1. The van der Waals surface area contributed by atoms with Gasteiger partial charge >= 0.3 is 11.7 Å². The molecule has 2 aromatic rings. The first-order valence-electron chi connectivity index (χ1n) is 5.44. The number of carbonyl (C=O) groups is 2. The fourth-order valence-electron chi connectivity index (χ4n) is 1.67. The molecule has 0 spiro atoms. The summed E-state index contributed by atoms with van der Waals surface area (Å²) in [5.74, 6) is -2.04. The van der Waals surface area contributed by atoms with Gasteiger partial charge in [0, 0.05) is 18.1 Å². The minimum Gasteiger partial charge on any atom is -0.478 e. The van der Waals surface area contributed by atoms with Crippen molar-refractivity contribution in [3.63, 3.8) is 0 Å². The number of aromatic nitrogens is 3. The number of aromatic amines is 3. The van der Waals surface area contributed by atoms with Gasteiger partial charge in [-0.15, -0.1) is 0 Å². The Morgan fingerprint density at radius 1 is 1.20 bits per heavy atom. The van der Waals surface area contributed by atoms with Crippen LogP contribution in [0.25, 0.3) is 0 Å². The van der Waals surface area contributed by atoms with Gasteiger partial charge in [-0.2, -0.15) is 0 Å². The summed E-state index contributed by atoms with van der Waals surface area (Å²) in [6, 6.07) is 0. The van der Waals surface area contributed by atoms with Crippen molar-refractivity contribution in [3.8, 4) is 0 Å². The minimum atomic E-state index is -1.21. The highest BCUT2D eigenvalue weighted by Crippen LogP contribution is 2.19. The molecule has 0 aliphatic carbocycles. The maximum atomic E-state index is 11.9. The predicted octanol–water partition coefficient (Wildman–Crippen LogP) is -0.350. The molecule has 0 fully saturated rings. The number of anilines is 1. The highest BCUT2D eigenvalue weighted by Gasteiger charge is 2.19. The Labute approximate surface area is 110 Å². The smallest absolute Gasteiger partial charge is 0.339 e. The van der Waals surface area contributed by atoms with Crippen LogP contribution >= 0.6 is 0 Å². The van der Waals surface area contributed by atoms with Crippen molar-refractivity contribution in [1.29, 1.82) is 0 Å². The summed E-state index contributed by atoms with van der Waals surface area (Å²) < 4.78 is 0. The van der Waals surface area contributed by atoms with Crippen LogP contribution in [0.4, 0.5) is 5.69 Å². The van der Waals surface area contributed by atoms with Gasteiger partial charge < -0.3 is 20.4 Å². The highest BCUT2D eigenvalue weighted by molar-refractivity contribution is 6.07. The Kier molecular flexibility index (Phi) is 3.25. The summed E-state index contributed by atoms with van der Waals surface area (Å²) in [7, 11) is 0. The molecule has 0 saturated heterocycles. The maximum Gasteiger partial charge on any atom is 0.339 e. The average Bonchev–Trinajstić information content (AvgIpc) is 2.70. The maximum absolute atomic E-state index is 11.9. The van der Waals surface area contributed by atoms with Crippen molar-refractivity contribution >= 4 is 17.6 Å². The third kappa shape index (κ3) is 2.36. The van der Waals surface area contributed by atoms with E-state index in [9.17, 15) is 19.2 Å². The standard InChI is InChI=1S/C11H10N4O5/c1-4-7(10(18)19)6(3-12-4)14-8(16)5-2-13-11(20)15-9(5)17/h2-3,12H,1H3,(H,14,16)(H,18,19)(H2,13,15,17,20). The average molecular weight is 278 g/mol. The van der Waals surface area contributed by atoms with Crippen LogP contribution in [-0.2, 0) is 0 Å². The largest absolute Gasteiger partial charge is 0.478 e. The monoisotopic (exact) mass is 278 g/mol. The van der Waals surface area contributed by atoms with E-state index < -0.39 is 23.1 Å². The first-order chi connectivity index (χ1) is 9.40. The molecule has 0 aliphatic rings. The molecule has 0 saturated carbocycles. The lowest BCUT2D eigenvalue weighted by Crippen LogP contribution is -2.29. The number of rotatable bonds is 3. The van der Waals surface area contributed by atoms with Crippen molar-refractivity contribution in [2.45, 2.75) is 6.92 Å². The molecule has 9 nitrogen and oxygen atoms in total. The summed E-state index contributed by atoms with van der Waals surface area (Å²) in [5, 5.41) is 11.3. The van der Waals surface area contributed by atoms with E-state index in [1.54, 1.807) is 0 Å². The van der Waals surface area contributed by atoms with Gasteiger partial charge in [-0.1, -0.05) is 0 Å². The van der Waals surface area contributed by atoms with E-state index in [4.69, 9.17) is 5.11 Å². The van der Waals surface area contributed by atoms with Crippen LogP contribution in [0.2, 0.25) is 0 Å². The summed E-state index contributed by atoms with van der Waals surface area (Å²) >= 11 is 0. The third-order valence-electron chi connectivity index (χ3n) is 2.60. The zero-order chi connectivity index (χ0) is 14.9. The lowest BCUT2D eigenvalue weighted by atomic mass is 10.2. The van der Waals surface area contributed by atoms with Crippen LogP contribution in [0.5, 0.6) is 0 Å². The number of nitrogens with one attached hydrogen (secondary N) is 4. The van der Waals surface area contributed by atoms with Gasteiger partial charge in [0.1, 0.15) is 11.1 Å². The molecule has 2 heterocycles. The van der Waals surface area contributed by atoms with E-state index in [-0.39, 0.29) is 16.8 Å². The molecule has 2 rings (SSSR count). The molecule has 0 aliphatic heterocycles. The fraction of sp³-hybridized carbons (Fsp3) is 0.0909. The van der Waals surface area contributed by atoms with Crippen LogP contribution in [0, 0.1) is 6.92 Å². The topological polar surface area (TPSA) is 148 Å². The summed E-state index contributed by atoms with van der Waals surface area (Å²) in [5.41, 5.74) is -1.64. The van der Waals surface area contributed by atoms with E-state index in [0.29, 0.717) is 5.69 Å². The second-order valence-corrected chi connectivity index (χ2v) is 3.95. The highest BCUT2D eigenvalue weighted by atomic mass is 16.4. The minimum absolute atomic E-state index is 0.0330. The van der Waals surface area contributed by atoms with Gasteiger partial charge in [-0.25, -0.2) is 9.59 Å². The lowest BCUT2D eigenvalue weighted by Gasteiger charge is -2.03. The van der Waals surface area contributed by atoms with E-state index in [0.717, 1.165) is 6.20 Å². The summed E-state index contributed by atoms with van der Waals surface area (Å²) in [4.78, 5) is 51.9. The predicted molar refractivity (Wildman–Crippen MR) is 68.1 cm³/mol. The van der Waals surface area contributed by atoms with E-state index in [1.165, 1.54) is 13.1 Å². The Bertz CT molecular complexity index is 798. The molecule has 0 unspecified atom stereocenters. The molecule has 0 atom stereocenters. The van der Waals surface area contributed by atoms with Gasteiger partial charge in [0.05, 0.1) is 5.69 Å². The number of aryl methyl sites for hydroxylation is 1. The Morgan fingerprint density at radius 3 is 2.50 bits per heavy atom. The molecule has 2 aromatic heterocycles. The van der Waals surface area contributed by atoms with Crippen molar-refractivity contribution in [2.24, 2.45) is 0 Å². The first kappa shape index (κ1) is 13.3. The normalized spacial score (nSPS) is 10.2. The molecule has 5 N–H and O–H groups in total. The SMILES string of the molecule is Cc1[nH]cc(NC(=O)c2c[nH]c(=O)[nH]c2=O)c1C(=O)O.